The van der Waals surface area contributed by atoms with Crippen LogP contribution in [0.3, 0.4) is 0 Å². The lowest BCUT2D eigenvalue weighted by Crippen LogP contribution is -2.08. The van der Waals surface area contributed by atoms with Gasteiger partial charge in [0.1, 0.15) is 5.75 Å². The van der Waals surface area contributed by atoms with Crippen LogP contribution in [-0.4, -0.2) is 6.10 Å². The van der Waals surface area contributed by atoms with Crippen LogP contribution in [0.1, 0.15) is 31.9 Å². The molecule has 0 aromatic heterocycles. The minimum atomic E-state index is 0.165. The molecule has 0 aliphatic rings. The van der Waals surface area contributed by atoms with E-state index in [1.807, 2.05) is 45.1 Å². The van der Waals surface area contributed by atoms with E-state index in [4.69, 9.17) is 4.74 Å². The molecule has 1 nitrogen and oxygen atoms in total. The number of hydrogen-bond acceptors (Lipinski definition) is 1. The minimum Gasteiger partial charge on any atom is -0.490 e. The van der Waals surface area contributed by atoms with Crippen LogP contribution in [0.25, 0.3) is 6.08 Å². The van der Waals surface area contributed by atoms with Crippen molar-refractivity contribution >= 4 is 6.08 Å². The normalized spacial score (nSPS) is 10.6. The quantitative estimate of drug-likeness (QED) is 0.713. The van der Waals surface area contributed by atoms with Crippen molar-refractivity contribution in [3.8, 4) is 5.75 Å². The number of benzene rings is 1. The largest absolute Gasteiger partial charge is 0.490 e. The highest BCUT2D eigenvalue weighted by Crippen LogP contribution is 2.29. The molecule has 0 aliphatic heterocycles. The molecule has 1 aromatic rings. The average molecular weight is 215 g/mol. The Morgan fingerprint density at radius 3 is 2.50 bits per heavy atom. The van der Waals surface area contributed by atoms with E-state index in [1.165, 1.54) is 0 Å². The van der Waals surface area contributed by atoms with Gasteiger partial charge < -0.3 is 4.74 Å². The first-order valence-electron chi connectivity index (χ1n) is 5.48. The third-order valence-electron chi connectivity index (χ3n) is 2.36. The fourth-order valence-corrected chi connectivity index (χ4v) is 1.57. The average Bonchev–Trinajstić information content (AvgIpc) is 2.27. The second-order valence-corrected chi connectivity index (χ2v) is 3.98. The third kappa shape index (κ3) is 2.75. The monoisotopic (exact) mass is 215 g/mol. The van der Waals surface area contributed by atoms with Gasteiger partial charge in [0, 0.05) is 11.5 Å². The van der Waals surface area contributed by atoms with Crippen LogP contribution in [0.2, 0.25) is 0 Å². The van der Waals surface area contributed by atoms with Crippen LogP contribution in [0.5, 0.6) is 5.75 Å². The molecule has 0 aliphatic carbocycles. The van der Waals surface area contributed by atoms with E-state index in [0.29, 0.717) is 0 Å². The Morgan fingerprint density at radius 1 is 1.31 bits per heavy atom. The molecule has 1 aromatic carbocycles. The van der Waals surface area contributed by atoms with Crippen molar-refractivity contribution in [3.63, 3.8) is 0 Å². The molecule has 0 atom stereocenters. The highest BCUT2D eigenvalue weighted by atomic mass is 16.5. The lowest BCUT2D eigenvalue weighted by molar-refractivity contribution is 0.242. The topological polar surface area (TPSA) is 9.23 Å². The smallest absolute Gasteiger partial charge is 0.127 e. The number of rotatable bonds is 5. The second kappa shape index (κ2) is 5.55. The van der Waals surface area contributed by atoms with E-state index < -0.39 is 0 Å². The number of allylic oxidation sites excluding steroid dienone is 1. The molecular formula is C15H19O. The molecule has 0 amide bonds. The van der Waals surface area contributed by atoms with Gasteiger partial charge in [0.05, 0.1) is 6.10 Å². The van der Waals surface area contributed by atoms with Gasteiger partial charge >= 0.3 is 0 Å². The molecule has 0 heterocycles. The molecule has 1 rings (SSSR count). The summed E-state index contributed by atoms with van der Waals surface area (Å²) < 4.78 is 5.75. The Bertz CT molecular complexity index is 377. The molecule has 0 bridgehead atoms. The zero-order valence-electron chi connectivity index (χ0n) is 10.3. The van der Waals surface area contributed by atoms with Crippen molar-refractivity contribution in [2.24, 2.45) is 0 Å². The SMILES string of the molecule is C=C[C](C)c1cccc(OC(C)C)c1C=C. The van der Waals surface area contributed by atoms with Crippen LogP contribution < -0.4 is 4.74 Å². The van der Waals surface area contributed by atoms with Gasteiger partial charge in [-0.25, -0.2) is 0 Å². The van der Waals surface area contributed by atoms with Crippen LogP contribution >= 0.6 is 0 Å². The molecule has 0 spiro atoms. The van der Waals surface area contributed by atoms with Gasteiger partial charge in [-0.15, -0.1) is 6.58 Å². The van der Waals surface area contributed by atoms with Gasteiger partial charge in [0.15, 0.2) is 0 Å². The molecular weight excluding hydrogens is 196 g/mol. The lowest BCUT2D eigenvalue weighted by Gasteiger charge is -2.17. The molecule has 85 valence electrons. The molecule has 0 N–H and O–H groups in total. The summed E-state index contributed by atoms with van der Waals surface area (Å²) in [6.07, 6.45) is 3.85. The van der Waals surface area contributed by atoms with E-state index in [1.54, 1.807) is 0 Å². The second-order valence-electron chi connectivity index (χ2n) is 3.98. The molecule has 0 unspecified atom stereocenters. The Morgan fingerprint density at radius 2 is 2.00 bits per heavy atom. The molecule has 0 fully saturated rings. The van der Waals surface area contributed by atoms with Gasteiger partial charge in [-0.1, -0.05) is 37.8 Å². The van der Waals surface area contributed by atoms with Crippen LogP contribution in [0, 0.1) is 5.92 Å². The van der Waals surface area contributed by atoms with Gasteiger partial charge in [-0.3, -0.25) is 0 Å². The lowest BCUT2D eigenvalue weighted by atomic mass is 9.95. The molecule has 0 saturated carbocycles. The molecule has 1 radical (unpaired) electrons. The summed E-state index contributed by atoms with van der Waals surface area (Å²) in [6.45, 7) is 13.7. The van der Waals surface area contributed by atoms with Gasteiger partial charge in [0.2, 0.25) is 0 Å². The molecule has 0 saturated heterocycles. The summed E-state index contributed by atoms with van der Waals surface area (Å²) in [4.78, 5) is 0. The van der Waals surface area contributed by atoms with E-state index in [-0.39, 0.29) is 6.10 Å². The fraction of sp³-hybridized carbons (Fsp3) is 0.267. The first kappa shape index (κ1) is 12.6. The maximum absolute atomic E-state index is 5.75. The predicted octanol–water partition coefficient (Wildman–Crippen LogP) is 4.25. The predicted molar refractivity (Wildman–Crippen MR) is 70.5 cm³/mol. The maximum Gasteiger partial charge on any atom is 0.127 e. The van der Waals surface area contributed by atoms with E-state index in [2.05, 4.69) is 19.2 Å². The van der Waals surface area contributed by atoms with E-state index >= 15 is 0 Å². The van der Waals surface area contributed by atoms with Crippen LogP contribution in [0.4, 0.5) is 0 Å². The highest BCUT2D eigenvalue weighted by Gasteiger charge is 2.11. The first-order valence-corrected chi connectivity index (χ1v) is 5.48. The molecule has 16 heavy (non-hydrogen) atoms. The van der Waals surface area contributed by atoms with E-state index in [0.717, 1.165) is 22.8 Å². The van der Waals surface area contributed by atoms with Gasteiger partial charge in [-0.2, -0.15) is 0 Å². The van der Waals surface area contributed by atoms with Gasteiger partial charge in [-0.05, 0) is 25.5 Å². The van der Waals surface area contributed by atoms with Crippen molar-refractivity contribution in [1.29, 1.82) is 0 Å². The molecule has 1 heteroatoms. The highest BCUT2D eigenvalue weighted by molar-refractivity contribution is 5.64. The summed E-state index contributed by atoms with van der Waals surface area (Å²) in [7, 11) is 0. The summed E-state index contributed by atoms with van der Waals surface area (Å²) in [5.74, 6) is 2.01. The van der Waals surface area contributed by atoms with Gasteiger partial charge in [0.25, 0.3) is 0 Å². The van der Waals surface area contributed by atoms with Crippen molar-refractivity contribution in [2.75, 3.05) is 0 Å². The Hall–Kier alpha value is -1.50. The Kier molecular flexibility index (Phi) is 4.36. The number of hydrogen-bond donors (Lipinski definition) is 0. The standard InChI is InChI=1S/C15H19O/c1-6-12(5)14-9-8-10-15(13(14)7-2)16-11(3)4/h6-11H,1-2H2,3-5H3. The van der Waals surface area contributed by atoms with Crippen molar-refractivity contribution < 1.29 is 4.74 Å². The fourth-order valence-electron chi connectivity index (χ4n) is 1.57. The summed E-state index contributed by atoms with van der Waals surface area (Å²) in [5, 5.41) is 0. The number of ether oxygens (including phenoxy) is 1. The summed E-state index contributed by atoms with van der Waals surface area (Å²) in [6, 6.07) is 6.02. The van der Waals surface area contributed by atoms with Crippen LogP contribution in [0.15, 0.2) is 37.4 Å². The Balaban J connectivity index is 3.20. The summed E-state index contributed by atoms with van der Waals surface area (Å²) >= 11 is 0. The third-order valence-corrected chi connectivity index (χ3v) is 2.36. The first-order chi connectivity index (χ1) is 7.60. The minimum absolute atomic E-state index is 0.165. The van der Waals surface area contributed by atoms with Crippen LogP contribution in [-0.2, 0) is 0 Å². The summed E-state index contributed by atoms with van der Waals surface area (Å²) in [5.41, 5.74) is 2.16. The zero-order valence-corrected chi connectivity index (χ0v) is 10.3. The Labute approximate surface area is 98.5 Å². The van der Waals surface area contributed by atoms with Crippen molar-refractivity contribution in [3.05, 3.63) is 54.5 Å². The zero-order chi connectivity index (χ0) is 12.1. The van der Waals surface area contributed by atoms with Crippen molar-refractivity contribution in [2.45, 2.75) is 26.9 Å². The maximum atomic E-state index is 5.75. The van der Waals surface area contributed by atoms with Crippen molar-refractivity contribution in [1.82, 2.24) is 0 Å². The van der Waals surface area contributed by atoms with E-state index in [9.17, 15) is 0 Å².